The third kappa shape index (κ3) is 7.73. The monoisotopic (exact) mass is 458 g/mol. The van der Waals surface area contributed by atoms with Crippen LogP contribution in [0.4, 0.5) is 5.69 Å². The number of anilines is 1. The van der Waals surface area contributed by atoms with E-state index in [1.165, 1.54) is 32.1 Å². The van der Waals surface area contributed by atoms with Crippen LogP contribution in [0.2, 0.25) is 5.02 Å². The summed E-state index contributed by atoms with van der Waals surface area (Å²) in [5.41, 5.74) is 6.82. The number of para-hydroxylation sites is 1. The number of nitrogens with zero attached hydrogens (tertiary/aromatic N) is 1. The number of hydrogen-bond donors (Lipinski definition) is 3. The summed E-state index contributed by atoms with van der Waals surface area (Å²) in [5, 5.41) is 3.76. The highest BCUT2D eigenvalue weighted by Gasteiger charge is 2.19. The van der Waals surface area contributed by atoms with Gasteiger partial charge in [0.1, 0.15) is 5.75 Å². The van der Waals surface area contributed by atoms with Crippen molar-refractivity contribution in [3.05, 3.63) is 59.1 Å². The Morgan fingerprint density at radius 3 is 2.44 bits per heavy atom. The molecule has 0 radical (unpaired) electrons. The van der Waals surface area contributed by atoms with Gasteiger partial charge < -0.3 is 10.1 Å². The predicted molar refractivity (Wildman–Crippen MR) is 127 cm³/mol. The van der Waals surface area contributed by atoms with Crippen molar-refractivity contribution in [2.45, 2.75) is 44.7 Å². The van der Waals surface area contributed by atoms with E-state index in [0.717, 1.165) is 17.8 Å². The molecule has 1 saturated carbocycles. The third-order valence-corrected chi connectivity index (χ3v) is 5.85. The summed E-state index contributed by atoms with van der Waals surface area (Å²) >= 11 is 5.81. The van der Waals surface area contributed by atoms with E-state index in [1.807, 2.05) is 18.2 Å². The van der Waals surface area contributed by atoms with Gasteiger partial charge in [-0.1, -0.05) is 49.1 Å². The Bertz CT molecular complexity index is 885. The Kier molecular flexibility index (Phi) is 9.19. The summed E-state index contributed by atoms with van der Waals surface area (Å²) in [6, 6.07) is 15.3. The third-order valence-electron chi connectivity index (χ3n) is 5.60. The van der Waals surface area contributed by atoms with Gasteiger partial charge in [0.25, 0.3) is 11.8 Å². The van der Waals surface area contributed by atoms with E-state index >= 15 is 0 Å². The molecule has 0 saturated heterocycles. The van der Waals surface area contributed by atoms with E-state index in [-0.39, 0.29) is 19.1 Å². The highest BCUT2D eigenvalue weighted by atomic mass is 35.5. The fourth-order valence-electron chi connectivity index (χ4n) is 3.83. The Labute approximate surface area is 194 Å². The molecule has 0 heterocycles. The number of nitrogens with one attached hydrogen (secondary N) is 3. The fraction of sp³-hybridized carbons (Fsp3) is 0.417. The molecule has 1 fully saturated rings. The van der Waals surface area contributed by atoms with Gasteiger partial charge in [0, 0.05) is 23.3 Å². The minimum absolute atomic E-state index is 0.0441. The molecule has 0 spiro atoms. The zero-order valence-corrected chi connectivity index (χ0v) is 19.2. The van der Waals surface area contributed by atoms with Gasteiger partial charge in [0.05, 0.1) is 6.54 Å². The van der Waals surface area contributed by atoms with Gasteiger partial charge in [0.2, 0.25) is 0 Å². The molecule has 3 N–H and O–H groups in total. The zero-order valence-electron chi connectivity index (χ0n) is 18.4. The van der Waals surface area contributed by atoms with Crippen molar-refractivity contribution in [2.24, 2.45) is 0 Å². The van der Waals surface area contributed by atoms with E-state index < -0.39 is 5.91 Å². The molecule has 0 atom stereocenters. The first-order valence-electron chi connectivity index (χ1n) is 11.0. The van der Waals surface area contributed by atoms with E-state index in [0.29, 0.717) is 16.8 Å². The smallest absolute Gasteiger partial charge is 0.276 e. The molecule has 32 heavy (non-hydrogen) atoms. The number of benzene rings is 2. The molecule has 3 rings (SSSR count). The second kappa shape index (κ2) is 12.3. The Morgan fingerprint density at radius 2 is 1.69 bits per heavy atom. The second-order valence-corrected chi connectivity index (χ2v) is 8.49. The largest absolute Gasteiger partial charge is 0.484 e. The van der Waals surface area contributed by atoms with Crippen molar-refractivity contribution in [1.82, 2.24) is 15.8 Å². The number of ether oxygens (including phenoxy) is 1. The van der Waals surface area contributed by atoms with Crippen molar-refractivity contribution in [1.29, 1.82) is 0 Å². The topological polar surface area (TPSA) is 82.7 Å². The van der Waals surface area contributed by atoms with Crippen LogP contribution in [0.15, 0.2) is 48.5 Å². The summed E-state index contributed by atoms with van der Waals surface area (Å²) in [6.07, 6.45) is 6.42. The van der Waals surface area contributed by atoms with Crippen LogP contribution in [0.25, 0.3) is 0 Å². The van der Waals surface area contributed by atoms with Gasteiger partial charge >= 0.3 is 0 Å². The van der Waals surface area contributed by atoms with E-state index in [4.69, 9.17) is 16.3 Å². The Morgan fingerprint density at radius 1 is 1.00 bits per heavy atom. The van der Waals surface area contributed by atoms with Crippen LogP contribution in [0.3, 0.4) is 0 Å². The molecule has 2 amide bonds. The second-order valence-electron chi connectivity index (χ2n) is 8.06. The molecule has 7 nitrogen and oxygen atoms in total. The molecule has 0 aliphatic heterocycles. The first-order chi connectivity index (χ1) is 15.5. The summed E-state index contributed by atoms with van der Waals surface area (Å²) in [7, 11) is 2.17. The van der Waals surface area contributed by atoms with Crippen molar-refractivity contribution in [3.63, 3.8) is 0 Å². The molecule has 1 aliphatic carbocycles. The lowest BCUT2D eigenvalue weighted by molar-refractivity contribution is -0.129. The molecule has 2 aromatic carbocycles. The van der Waals surface area contributed by atoms with Crippen molar-refractivity contribution in [2.75, 3.05) is 25.5 Å². The lowest BCUT2D eigenvalue weighted by Gasteiger charge is -2.31. The zero-order chi connectivity index (χ0) is 22.8. The number of amides is 2. The van der Waals surface area contributed by atoms with Gasteiger partial charge in [-0.15, -0.1) is 0 Å². The molecular weight excluding hydrogens is 428 g/mol. The normalized spacial score (nSPS) is 14.1. The molecule has 2 aromatic rings. The fourth-order valence-corrected chi connectivity index (χ4v) is 3.95. The molecule has 8 heteroatoms. The predicted octanol–water partition coefficient (Wildman–Crippen LogP) is 3.74. The first-order valence-corrected chi connectivity index (χ1v) is 11.4. The SMILES string of the molecule is CN(Cc1ccccc1NCC(=O)NNC(=O)COc1ccc(Cl)cc1)C1CCCCC1. The Balaban J connectivity index is 1.40. The van der Waals surface area contributed by atoms with Crippen LogP contribution < -0.4 is 20.9 Å². The number of rotatable bonds is 9. The van der Waals surface area contributed by atoms with Crippen LogP contribution in [0, 0.1) is 0 Å². The number of hydrazine groups is 1. The molecule has 0 aromatic heterocycles. The van der Waals surface area contributed by atoms with Crippen LogP contribution in [0.5, 0.6) is 5.75 Å². The summed E-state index contributed by atoms with van der Waals surface area (Å²) in [6.45, 7) is 0.655. The average Bonchev–Trinajstić information content (AvgIpc) is 2.82. The highest BCUT2D eigenvalue weighted by Crippen LogP contribution is 2.24. The van der Waals surface area contributed by atoms with Crippen LogP contribution in [-0.4, -0.2) is 43.0 Å². The minimum Gasteiger partial charge on any atom is -0.484 e. The van der Waals surface area contributed by atoms with E-state index in [2.05, 4.69) is 34.2 Å². The van der Waals surface area contributed by atoms with Crippen molar-refractivity contribution >= 4 is 29.1 Å². The van der Waals surface area contributed by atoms with Gasteiger partial charge in [-0.2, -0.15) is 0 Å². The number of halogens is 1. The maximum Gasteiger partial charge on any atom is 0.276 e. The lowest BCUT2D eigenvalue weighted by atomic mass is 9.94. The van der Waals surface area contributed by atoms with Crippen LogP contribution >= 0.6 is 11.6 Å². The average molecular weight is 459 g/mol. The summed E-state index contributed by atoms with van der Waals surface area (Å²) in [4.78, 5) is 26.4. The molecule has 0 unspecified atom stereocenters. The van der Waals surface area contributed by atoms with Crippen LogP contribution in [0.1, 0.15) is 37.7 Å². The molecule has 1 aliphatic rings. The van der Waals surface area contributed by atoms with Crippen molar-refractivity contribution in [3.8, 4) is 5.75 Å². The van der Waals surface area contributed by atoms with Gasteiger partial charge in [-0.3, -0.25) is 25.3 Å². The highest BCUT2D eigenvalue weighted by molar-refractivity contribution is 6.30. The maximum atomic E-state index is 12.2. The number of carbonyl (C=O) groups is 2. The number of carbonyl (C=O) groups excluding carboxylic acids is 2. The number of hydrogen-bond acceptors (Lipinski definition) is 5. The van der Waals surface area contributed by atoms with E-state index in [9.17, 15) is 9.59 Å². The lowest BCUT2D eigenvalue weighted by Crippen LogP contribution is -2.46. The van der Waals surface area contributed by atoms with Crippen LogP contribution in [-0.2, 0) is 16.1 Å². The van der Waals surface area contributed by atoms with Gasteiger partial charge in [-0.25, -0.2) is 0 Å². The minimum atomic E-state index is -0.456. The summed E-state index contributed by atoms with van der Waals surface area (Å²) in [5.74, 6) is -0.282. The molecule has 172 valence electrons. The quantitative estimate of drug-likeness (QED) is 0.498. The van der Waals surface area contributed by atoms with Gasteiger partial charge in [0.15, 0.2) is 6.61 Å². The maximum absolute atomic E-state index is 12.2. The molecular formula is C24H31ClN4O3. The van der Waals surface area contributed by atoms with E-state index in [1.54, 1.807) is 24.3 Å². The van der Waals surface area contributed by atoms with Crippen molar-refractivity contribution < 1.29 is 14.3 Å². The first kappa shape index (κ1) is 23.9. The molecule has 0 bridgehead atoms. The Hall–Kier alpha value is -2.77. The van der Waals surface area contributed by atoms with Gasteiger partial charge in [-0.05, 0) is 55.8 Å². The summed E-state index contributed by atoms with van der Waals surface area (Å²) < 4.78 is 5.34. The standard InChI is InChI=1S/C24H31ClN4O3/c1-29(20-8-3-2-4-9-20)16-18-7-5-6-10-22(18)26-15-23(30)27-28-24(31)17-32-21-13-11-19(25)12-14-21/h5-7,10-14,20,26H,2-4,8-9,15-17H2,1H3,(H,27,30)(H,28,31).